The fourth-order valence-corrected chi connectivity index (χ4v) is 1.07. The Morgan fingerprint density at radius 3 is 3.00 bits per heavy atom. The van der Waals surface area contributed by atoms with Crippen LogP contribution < -0.4 is 0 Å². The number of allylic oxidation sites excluding steroid dienone is 1. The van der Waals surface area contributed by atoms with Crippen molar-refractivity contribution in [1.29, 1.82) is 0 Å². The quantitative estimate of drug-likeness (QED) is 0.562. The van der Waals surface area contributed by atoms with Crippen molar-refractivity contribution in [2.24, 2.45) is 0 Å². The van der Waals surface area contributed by atoms with Crippen LogP contribution in [0.2, 0.25) is 0 Å². The lowest BCUT2D eigenvalue weighted by Crippen LogP contribution is -1.87. The number of alkyl halides is 1. The number of halogens is 2. The van der Waals surface area contributed by atoms with Crippen LogP contribution in [-0.2, 0) is 0 Å². The lowest BCUT2D eigenvalue weighted by atomic mass is 10.1. The number of aromatic nitrogens is 1. The summed E-state index contributed by atoms with van der Waals surface area (Å²) in [5.74, 6) is -0.427. The molecule has 0 aliphatic rings. The summed E-state index contributed by atoms with van der Waals surface area (Å²) >= 11 is 3.26. The van der Waals surface area contributed by atoms with E-state index in [-0.39, 0.29) is 0 Å². The van der Waals surface area contributed by atoms with Gasteiger partial charge in [0.05, 0.1) is 0 Å². The zero-order chi connectivity index (χ0) is 8.97. The second-order valence-electron chi connectivity index (χ2n) is 2.42. The summed E-state index contributed by atoms with van der Waals surface area (Å²) in [5.41, 5.74) is 1.86. The van der Waals surface area contributed by atoms with Crippen molar-refractivity contribution in [2.45, 2.75) is 6.92 Å². The smallest absolute Gasteiger partial charge is 0.213 e. The minimum absolute atomic E-state index is 0.427. The molecule has 0 N–H and O–H groups in total. The van der Waals surface area contributed by atoms with E-state index < -0.39 is 5.95 Å². The van der Waals surface area contributed by atoms with Gasteiger partial charge in [0.15, 0.2) is 0 Å². The summed E-state index contributed by atoms with van der Waals surface area (Å²) in [6.07, 6.45) is 5.39. The SMILES string of the molecule is Cc1cc(F)ncc1C=CCBr. The molecule has 0 spiro atoms. The van der Waals surface area contributed by atoms with E-state index in [0.29, 0.717) is 0 Å². The maximum Gasteiger partial charge on any atom is 0.213 e. The van der Waals surface area contributed by atoms with Crippen molar-refractivity contribution in [1.82, 2.24) is 4.98 Å². The number of hydrogen-bond acceptors (Lipinski definition) is 1. The summed E-state index contributed by atoms with van der Waals surface area (Å²) in [6.45, 7) is 1.86. The molecule has 0 bridgehead atoms. The molecule has 0 radical (unpaired) electrons. The van der Waals surface area contributed by atoms with Gasteiger partial charge in [0, 0.05) is 11.5 Å². The summed E-state index contributed by atoms with van der Waals surface area (Å²) in [4.78, 5) is 3.56. The third kappa shape index (κ3) is 2.41. The number of nitrogens with zero attached hydrogens (tertiary/aromatic N) is 1. The summed E-state index contributed by atoms with van der Waals surface area (Å²) < 4.78 is 12.5. The van der Waals surface area contributed by atoms with E-state index in [1.54, 1.807) is 0 Å². The first kappa shape index (κ1) is 9.39. The van der Waals surface area contributed by atoms with Crippen molar-refractivity contribution in [3.05, 3.63) is 35.4 Å². The standard InChI is InChI=1S/C9H9BrFN/c1-7-5-9(11)12-6-8(7)3-2-4-10/h2-3,5-6H,4H2,1H3. The van der Waals surface area contributed by atoms with Crippen LogP contribution in [0.1, 0.15) is 11.1 Å². The van der Waals surface area contributed by atoms with Crippen molar-refractivity contribution in [3.63, 3.8) is 0 Å². The molecule has 0 atom stereocenters. The highest BCUT2D eigenvalue weighted by Crippen LogP contribution is 2.09. The first-order valence-corrected chi connectivity index (χ1v) is 4.71. The molecule has 64 valence electrons. The highest BCUT2D eigenvalue weighted by Gasteiger charge is 1.96. The zero-order valence-electron chi connectivity index (χ0n) is 6.72. The van der Waals surface area contributed by atoms with E-state index >= 15 is 0 Å². The van der Waals surface area contributed by atoms with Crippen molar-refractivity contribution in [3.8, 4) is 0 Å². The fourth-order valence-electron chi connectivity index (χ4n) is 0.878. The maximum absolute atomic E-state index is 12.5. The average molecular weight is 230 g/mol. The summed E-state index contributed by atoms with van der Waals surface area (Å²) in [7, 11) is 0. The van der Waals surface area contributed by atoms with Gasteiger partial charge in [-0.3, -0.25) is 0 Å². The Morgan fingerprint density at radius 1 is 1.67 bits per heavy atom. The molecule has 1 heterocycles. The van der Waals surface area contributed by atoms with Crippen LogP contribution in [0.5, 0.6) is 0 Å². The third-order valence-electron chi connectivity index (χ3n) is 1.50. The second-order valence-corrected chi connectivity index (χ2v) is 3.07. The van der Waals surface area contributed by atoms with E-state index in [1.165, 1.54) is 12.3 Å². The highest BCUT2D eigenvalue weighted by atomic mass is 79.9. The molecule has 1 rings (SSSR count). The zero-order valence-corrected chi connectivity index (χ0v) is 8.31. The van der Waals surface area contributed by atoms with Crippen LogP contribution in [0.15, 0.2) is 18.3 Å². The Hall–Kier alpha value is -0.700. The van der Waals surface area contributed by atoms with Gasteiger partial charge in [-0.05, 0) is 24.1 Å². The largest absolute Gasteiger partial charge is 0.228 e. The number of pyridine rings is 1. The Bertz CT molecular complexity index is 297. The first-order chi connectivity index (χ1) is 5.74. The normalized spacial score (nSPS) is 10.9. The molecule has 12 heavy (non-hydrogen) atoms. The Balaban J connectivity index is 2.94. The van der Waals surface area contributed by atoms with Gasteiger partial charge in [-0.2, -0.15) is 4.39 Å². The molecule has 0 aliphatic carbocycles. The van der Waals surface area contributed by atoms with Crippen LogP contribution in [0, 0.1) is 12.9 Å². The molecule has 0 saturated carbocycles. The van der Waals surface area contributed by atoms with Gasteiger partial charge < -0.3 is 0 Å². The minimum Gasteiger partial charge on any atom is -0.228 e. The molecule has 1 aromatic heterocycles. The number of rotatable bonds is 2. The van der Waals surface area contributed by atoms with Crippen LogP contribution in [0.25, 0.3) is 6.08 Å². The summed E-state index contributed by atoms with van der Waals surface area (Å²) in [6, 6.07) is 1.42. The molecule has 0 fully saturated rings. The molecule has 1 aromatic rings. The predicted octanol–water partition coefficient (Wildman–Crippen LogP) is 2.94. The van der Waals surface area contributed by atoms with Crippen molar-refractivity contribution in [2.75, 3.05) is 5.33 Å². The van der Waals surface area contributed by atoms with Gasteiger partial charge >= 0.3 is 0 Å². The molecule has 1 nitrogen and oxygen atoms in total. The Morgan fingerprint density at radius 2 is 2.42 bits per heavy atom. The first-order valence-electron chi connectivity index (χ1n) is 3.58. The monoisotopic (exact) mass is 229 g/mol. The lowest BCUT2D eigenvalue weighted by Gasteiger charge is -1.97. The van der Waals surface area contributed by atoms with Crippen LogP contribution in [-0.4, -0.2) is 10.3 Å². The molecule has 0 amide bonds. The van der Waals surface area contributed by atoms with Crippen molar-refractivity contribution >= 4 is 22.0 Å². The Kier molecular flexibility index (Phi) is 3.41. The minimum atomic E-state index is -0.427. The topological polar surface area (TPSA) is 12.9 Å². The van der Waals surface area contributed by atoms with E-state index in [0.717, 1.165) is 16.5 Å². The van der Waals surface area contributed by atoms with Gasteiger partial charge in [-0.1, -0.05) is 28.1 Å². The average Bonchev–Trinajstić information content (AvgIpc) is 2.03. The molecular weight excluding hydrogens is 221 g/mol. The molecule has 0 saturated heterocycles. The van der Waals surface area contributed by atoms with Crippen LogP contribution in [0.4, 0.5) is 4.39 Å². The molecule has 0 aromatic carbocycles. The van der Waals surface area contributed by atoms with Gasteiger partial charge in [-0.15, -0.1) is 0 Å². The van der Waals surface area contributed by atoms with Gasteiger partial charge in [0.25, 0.3) is 0 Å². The Labute approximate surface area is 79.5 Å². The number of hydrogen-bond donors (Lipinski definition) is 0. The van der Waals surface area contributed by atoms with Gasteiger partial charge in [0.1, 0.15) is 0 Å². The van der Waals surface area contributed by atoms with Gasteiger partial charge in [0.2, 0.25) is 5.95 Å². The maximum atomic E-state index is 12.5. The van der Waals surface area contributed by atoms with Crippen LogP contribution >= 0.6 is 15.9 Å². The number of aryl methyl sites for hydroxylation is 1. The second kappa shape index (κ2) is 4.36. The predicted molar refractivity (Wildman–Crippen MR) is 51.8 cm³/mol. The molecule has 3 heteroatoms. The van der Waals surface area contributed by atoms with Crippen LogP contribution in [0.3, 0.4) is 0 Å². The van der Waals surface area contributed by atoms with E-state index in [9.17, 15) is 4.39 Å². The highest BCUT2D eigenvalue weighted by molar-refractivity contribution is 9.09. The van der Waals surface area contributed by atoms with Gasteiger partial charge in [-0.25, -0.2) is 4.98 Å². The molecular formula is C9H9BrFN. The molecule has 0 aliphatic heterocycles. The molecule has 0 unspecified atom stereocenters. The van der Waals surface area contributed by atoms with Crippen molar-refractivity contribution < 1.29 is 4.39 Å². The van der Waals surface area contributed by atoms with E-state index in [4.69, 9.17) is 0 Å². The lowest BCUT2D eigenvalue weighted by molar-refractivity contribution is 0.582. The summed E-state index contributed by atoms with van der Waals surface area (Å²) in [5, 5.41) is 0.795. The third-order valence-corrected chi connectivity index (χ3v) is 1.88. The van der Waals surface area contributed by atoms with E-state index in [1.807, 2.05) is 19.1 Å². The fraction of sp³-hybridized carbons (Fsp3) is 0.222. The van der Waals surface area contributed by atoms with E-state index in [2.05, 4.69) is 20.9 Å².